The summed E-state index contributed by atoms with van der Waals surface area (Å²) in [7, 11) is 1.78. The molecule has 1 aromatic carbocycles. The second-order valence-electron chi connectivity index (χ2n) is 6.07. The zero-order valence-corrected chi connectivity index (χ0v) is 13.6. The molecular weight excluding hydrogens is 292 g/mol. The second kappa shape index (κ2) is 6.54. The van der Waals surface area contributed by atoms with Crippen molar-refractivity contribution in [1.29, 1.82) is 0 Å². The van der Waals surface area contributed by atoms with Crippen molar-refractivity contribution in [3.63, 3.8) is 0 Å². The van der Waals surface area contributed by atoms with E-state index in [1.54, 1.807) is 30.1 Å². The summed E-state index contributed by atoms with van der Waals surface area (Å²) in [6.07, 6.45) is 1.88. The number of nitrogens with zero attached hydrogens (tertiary/aromatic N) is 2. The van der Waals surface area contributed by atoms with E-state index in [1.807, 2.05) is 12.1 Å². The number of hydrogen-bond acceptors (Lipinski definition) is 4. The van der Waals surface area contributed by atoms with Gasteiger partial charge in [0.05, 0.1) is 0 Å². The van der Waals surface area contributed by atoms with Gasteiger partial charge in [-0.3, -0.25) is 4.79 Å². The van der Waals surface area contributed by atoms with Gasteiger partial charge in [0.25, 0.3) is 5.91 Å². The third kappa shape index (κ3) is 3.15. The van der Waals surface area contributed by atoms with E-state index in [-0.39, 0.29) is 17.5 Å². The van der Waals surface area contributed by atoms with Crippen LogP contribution in [0.3, 0.4) is 0 Å². The maximum atomic E-state index is 12.7. The number of likely N-dealkylation sites (tertiary alicyclic amines) is 1. The van der Waals surface area contributed by atoms with E-state index in [0.717, 1.165) is 37.9 Å². The molecule has 0 N–H and O–H groups in total. The van der Waals surface area contributed by atoms with Crippen molar-refractivity contribution in [3.05, 3.63) is 46.3 Å². The number of benzene rings is 1. The Bertz CT molecular complexity index is 760. The summed E-state index contributed by atoms with van der Waals surface area (Å²) >= 11 is 0. The first kappa shape index (κ1) is 15.7. The average molecular weight is 314 g/mol. The minimum atomic E-state index is -0.563. The molecule has 5 heteroatoms. The van der Waals surface area contributed by atoms with Gasteiger partial charge in [-0.05, 0) is 31.5 Å². The molecule has 0 saturated carbocycles. The lowest BCUT2D eigenvalue weighted by Gasteiger charge is -2.36. The molecule has 2 heterocycles. The molecule has 1 aromatic heterocycles. The second-order valence-corrected chi connectivity index (χ2v) is 6.07. The van der Waals surface area contributed by atoms with Gasteiger partial charge in [0.2, 0.25) is 0 Å². The van der Waals surface area contributed by atoms with Gasteiger partial charge in [0.1, 0.15) is 11.1 Å². The topological polar surface area (TPSA) is 53.8 Å². The molecule has 122 valence electrons. The van der Waals surface area contributed by atoms with Crippen LogP contribution in [0, 0.1) is 0 Å². The highest BCUT2D eigenvalue weighted by molar-refractivity contribution is 5.96. The quantitative estimate of drug-likeness (QED) is 0.816. The summed E-state index contributed by atoms with van der Waals surface area (Å²) in [5.41, 5.74) is 0.0589. The van der Waals surface area contributed by atoms with Crippen molar-refractivity contribution < 1.29 is 9.21 Å². The van der Waals surface area contributed by atoms with Crippen molar-refractivity contribution in [1.82, 2.24) is 9.80 Å². The Morgan fingerprint density at radius 3 is 2.70 bits per heavy atom. The fourth-order valence-corrected chi connectivity index (χ4v) is 3.19. The van der Waals surface area contributed by atoms with E-state index in [1.165, 1.54) is 0 Å². The molecule has 1 saturated heterocycles. The Labute approximate surface area is 135 Å². The first-order valence-electron chi connectivity index (χ1n) is 8.12. The largest absolute Gasteiger partial charge is 0.422 e. The lowest BCUT2D eigenvalue weighted by atomic mass is 10.0. The summed E-state index contributed by atoms with van der Waals surface area (Å²) in [5.74, 6) is -0.251. The predicted octanol–water partition coefficient (Wildman–Crippen LogP) is 2.35. The fraction of sp³-hybridized carbons (Fsp3) is 0.444. The molecule has 2 aromatic rings. The maximum absolute atomic E-state index is 12.7. The Kier molecular flexibility index (Phi) is 4.48. The van der Waals surface area contributed by atoms with Crippen molar-refractivity contribution in [2.24, 2.45) is 0 Å². The van der Waals surface area contributed by atoms with Crippen LogP contribution in [0.15, 0.2) is 39.5 Å². The molecule has 1 amide bonds. The van der Waals surface area contributed by atoms with Crippen LogP contribution in [-0.2, 0) is 0 Å². The molecule has 0 radical (unpaired) electrons. The molecule has 23 heavy (non-hydrogen) atoms. The molecule has 0 unspecified atom stereocenters. The summed E-state index contributed by atoms with van der Waals surface area (Å²) in [6.45, 7) is 5.17. The smallest absolute Gasteiger partial charge is 0.349 e. The minimum absolute atomic E-state index is 0.115. The Hall–Kier alpha value is -2.14. The normalized spacial score (nSPS) is 16.6. The number of carbonyl (C=O) groups is 1. The summed E-state index contributed by atoms with van der Waals surface area (Å²) in [4.78, 5) is 28.9. The molecule has 0 aliphatic carbocycles. The Balaban J connectivity index is 1.82. The monoisotopic (exact) mass is 314 g/mol. The molecule has 1 aliphatic rings. The lowest BCUT2D eigenvalue weighted by Crippen LogP contribution is -2.46. The van der Waals surface area contributed by atoms with Crippen LogP contribution in [0.25, 0.3) is 11.0 Å². The standard InChI is InChI=1S/C18H22N2O3/c1-3-20-10-8-14(9-11-20)19(2)17(21)15-12-13-6-4-5-7-16(13)23-18(15)22/h4-7,12,14H,3,8-11H2,1-2H3. The molecule has 3 rings (SSSR count). The number of rotatable bonds is 3. The predicted molar refractivity (Wildman–Crippen MR) is 89.7 cm³/mol. The summed E-state index contributed by atoms with van der Waals surface area (Å²) in [6, 6.07) is 9.06. The lowest BCUT2D eigenvalue weighted by molar-refractivity contribution is 0.0643. The van der Waals surface area contributed by atoms with E-state index in [9.17, 15) is 9.59 Å². The molecule has 1 fully saturated rings. The molecular formula is C18H22N2O3. The number of piperidine rings is 1. The van der Waals surface area contributed by atoms with Crippen molar-refractivity contribution in [2.45, 2.75) is 25.8 Å². The van der Waals surface area contributed by atoms with Crippen LogP contribution in [0.4, 0.5) is 0 Å². The third-order valence-electron chi connectivity index (χ3n) is 4.74. The molecule has 0 spiro atoms. The van der Waals surface area contributed by atoms with Gasteiger partial charge < -0.3 is 14.2 Å². The number of para-hydroxylation sites is 1. The Morgan fingerprint density at radius 2 is 2.00 bits per heavy atom. The van der Waals surface area contributed by atoms with Gasteiger partial charge in [-0.15, -0.1) is 0 Å². The van der Waals surface area contributed by atoms with Gasteiger partial charge in [0, 0.05) is 31.6 Å². The highest BCUT2D eigenvalue weighted by Crippen LogP contribution is 2.18. The maximum Gasteiger partial charge on any atom is 0.349 e. The number of amides is 1. The third-order valence-corrected chi connectivity index (χ3v) is 4.74. The van der Waals surface area contributed by atoms with Gasteiger partial charge >= 0.3 is 5.63 Å². The first-order valence-corrected chi connectivity index (χ1v) is 8.12. The fourth-order valence-electron chi connectivity index (χ4n) is 3.19. The zero-order valence-electron chi connectivity index (χ0n) is 13.6. The minimum Gasteiger partial charge on any atom is -0.422 e. The molecule has 0 atom stereocenters. The van der Waals surface area contributed by atoms with Crippen LogP contribution >= 0.6 is 0 Å². The van der Waals surface area contributed by atoms with Gasteiger partial charge in [-0.2, -0.15) is 0 Å². The first-order chi connectivity index (χ1) is 11.1. The average Bonchev–Trinajstić information content (AvgIpc) is 2.60. The van der Waals surface area contributed by atoms with E-state index < -0.39 is 5.63 Å². The van der Waals surface area contributed by atoms with Crippen molar-refractivity contribution >= 4 is 16.9 Å². The van der Waals surface area contributed by atoms with Gasteiger partial charge in [-0.25, -0.2) is 4.79 Å². The van der Waals surface area contributed by atoms with Crippen LogP contribution in [0.2, 0.25) is 0 Å². The highest BCUT2D eigenvalue weighted by atomic mass is 16.4. The van der Waals surface area contributed by atoms with Crippen LogP contribution in [0.5, 0.6) is 0 Å². The Morgan fingerprint density at radius 1 is 1.30 bits per heavy atom. The number of carbonyl (C=O) groups excluding carboxylic acids is 1. The molecule has 1 aliphatic heterocycles. The van der Waals surface area contributed by atoms with Gasteiger partial charge in [0.15, 0.2) is 0 Å². The van der Waals surface area contributed by atoms with Crippen LogP contribution < -0.4 is 5.63 Å². The van der Waals surface area contributed by atoms with Crippen LogP contribution in [-0.4, -0.2) is 48.4 Å². The van der Waals surface area contributed by atoms with Gasteiger partial charge in [-0.1, -0.05) is 25.1 Å². The molecule has 5 nitrogen and oxygen atoms in total. The molecule has 0 bridgehead atoms. The summed E-state index contributed by atoms with van der Waals surface area (Å²) < 4.78 is 5.27. The SMILES string of the molecule is CCN1CCC(N(C)C(=O)c2cc3ccccc3oc2=O)CC1. The van der Waals surface area contributed by atoms with E-state index >= 15 is 0 Å². The highest BCUT2D eigenvalue weighted by Gasteiger charge is 2.27. The number of fused-ring (bicyclic) bond motifs is 1. The summed E-state index contributed by atoms with van der Waals surface area (Å²) in [5, 5.41) is 0.768. The van der Waals surface area contributed by atoms with E-state index in [0.29, 0.717) is 5.58 Å². The van der Waals surface area contributed by atoms with E-state index in [2.05, 4.69) is 11.8 Å². The van der Waals surface area contributed by atoms with Crippen molar-refractivity contribution in [3.8, 4) is 0 Å². The van der Waals surface area contributed by atoms with Crippen molar-refractivity contribution in [2.75, 3.05) is 26.7 Å². The number of hydrogen-bond donors (Lipinski definition) is 0. The zero-order chi connectivity index (χ0) is 16.4. The van der Waals surface area contributed by atoms with E-state index in [4.69, 9.17) is 4.42 Å². The van der Waals surface area contributed by atoms with Crippen LogP contribution in [0.1, 0.15) is 30.1 Å².